The Morgan fingerprint density at radius 3 is 2.71 bits per heavy atom. The summed E-state index contributed by atoms with van der Waals surface area (Å²) in [6, 6.07) is 6.00. The molecule has 12 heteroatoms. The fraction of sp³-hybridized carbons (Fsp3) is 0.615. The summed E-state index contributed by atoms with van der Waals surface area (Å²) in [5.41, 5.74) is 2.55. The summed E-state index contributed by atoms with van der Waals surface area (Å²) in [6.45, 7) is 2.92. The van der Waals surface area contributed by atoms with Gasteiger partial charge in [0.1, 0.15) is 17.1 Å². The van der Waals surface area contributed by atoms with Gasteiger partial charge < -0.3 is 29.8 Å². The number of aryl methyl sites for hydroxylation is 2. The number of aliphatic hydroxyl groups excluding tert-OH is 1. The highest BCUT2D eigenvalue weighted by Crippen LogP contribution is 2.34. The molecule has 0 unspecified atom stereocenters. The molecule has 0 bridgehead atoms. The molecule has 1 saturated heterocycles. The number of nitrogens with one attached hydrogen (secondary N) is 2. The predicted octanol–water partition coefficient (Wildman–Crippen LogP) is 4.38. The van der Waals surface area contributed by atoms with E-state index in [4.69, 9.17) is 19.6 Å². The maximum absolute atomic E-state index is 12.6. The summed E-state index contributed by atoms with van der Waals surface area (Å²) in [6.07, 6.45) is -0.219. The van der Waals surface area contributed by atoms with Crippen LogP contribution in [0.15, 0.2) is 24.4 Å². The summed E-state index contributed by atoms with van der Waals surface area (Å²) in [5.74, 6) is 2.29. The van der Waals surface area contributed by atoms with E-state index in [1.54, 1.807) is 0 Å². The second kappa shape index (κ2) is 11.1. The average molecular weight is 537 g/mol. The van der Waals surface area contributed by atoms with Gasteiger partial charge in [-0.15, -0.1) is 0 Å². The zero-order chi connectivity index (χ0) is 26.9. The maximum Gasteiger partial charge on any atom is 0.415 e. The van der Waals surface area contributed by atoms with E-state index in [0.29, 0.717) is 43.9 Å². The van der Waals surface area contributed by atoms with E-state index in [9.17, 15) is 18.3 Å². The van der Waals surface area contributed by atoms with Crippen LogP contribution >= 0.6 is 0 Å². The summed E-state index contributed by atoms with van der Waals surface area (Å²) in [7, 11) is 1.96. The van der Waals surface area contributed by atoms with Crippen LogP contribution in [0.1, 0.15) is 50.4 Å². The molecule has 2 aromatic heterocycles. The molecule has 1 aromatic carbocycles. The Morgan fingerprint density at radius 1 is 1.21 bits per heavy atom. The van der Waals surface area contributed by atoms with Gasteiger partial charge in [-0.1, -0.05) is 0 Å². The summed E-state index contributed by atoms with van der Waals surface area (Å²) in [4.78, 5) is 4.74. The summed E-state index contributed by atoms with van der Waals surface area (Å²) in [5, 5.41) is 20.2. The van der Waals surface area contributed by atoms with Crippen molar-refractivity contribution in [2.45, 2.75) is 75.9 Å². The minimum Gasteiger partial charge on any atom is -0.490 e. The fourth-order valence-corrected chi connectivity index (χ4v) is 5.19. The van der Waals surface area contributed by atoms with Gasteiger partial charge in [0.25, 0.3) is 0 Å². The molecule has 208 valence electrons. The van der Waals surface area contributed by atoms with E-state index < -0.39 is 18.8 Å². The molecule has 38 heavy (non-hydrogen) atoms. The molecule has 9 nitrogen and oxygen atoms in total. The molecular formula is C26H35F3N6O3. The third-order valence-corrected chi connectivity index (χ3v) is 7.52. The monoisotopic (exact) mass is 536 g/mol. The van der Waals surface area contributed by atoms with Crippen molar-refractivity contribution < 1.29 is 27.8 Å². The first-order valence-electron chi connectivity index (χ1n) is 13.2. The van der Waals surface area contributed by atoms with Crippen molar-refractivity contribution in [1.82, 2.24) is 24.6 Å². The highest BCUT2D eigenvalue weighted by atomic mass is 19.4. The molecule has 1 aliphatic carbocycles. The van der Waals surface area contributed by atoms with Gasteiger partial charge in [0, 0.05) is 50.6 Å². The number of alkyl halides is 3. The standard InChI is InChI=1S/C26H35F3N6O3/c1-16-31-25-21(32-24-9-10-35(33-24)18-4-3-11-37-15-18)12-20(13-22(25)34(16)2)38-19-7-5-17(6-8-19)30-14-23(36)26(27,28)29/h9-10,12-13,17-19,23,30,36H,3-8,11,14-15H2,1-2H3,(H,32,33)/t17?,18-,19?,23-/m1/s1. The lowest BCUT2D eigenvalue weighted by Crippen LogP contribution is -2.44. The Morgan fingerprint density at radius 2 is 2.00 bits per heavy atom. The molecule has 3 heterocycles. The first kappa shape index (κ1) is 26.8. The number of hydrogen-bond donors (Lipinski definition) is 3. The number of aliphatic hydroxyl groups is 1. The van der Waals surface area contributed by atoms with Crippen LogP contribution < -0.4 is 15.4 Å². The van der Waals surface area contributed by atoms with E-state index >= 15 is 0 Å². The van der Waals surface area contributed by atoms with Crippen LogP contribution in [0, 0.1) is 6.92 Å². The van der Waals surface area contributed by atoms with Gasteiger partial charge in [-0.3, -0.25) is 4.68 Å². The minimum atomic E-state index is -4.61. The molecule has 2 atom stereocenters. The van der Waals surface area contributed by atoms with Gasteiger partial charge in [-0.25, -0.2) is 4.98 Å². The van der Waals surface area contributed by atoms with Gasteiger partial charge in [0.2, 0.25) is 0 Å². The predicted molar refractivity (Wildman–Crippen MR) is 137 cm³/mol. The number of benzene rings is 1. The topological polar surface area (TPSA) is 98.4 Å². The van der Waals surface area contributed by atoms with Crippen LogP contribution in [0.3, 0.4) is 0 Å². The number of ether oxygens (including phenoxy) is 2. The van der Waals surface area contributed by atoms with E-state index in [-0.39, 0.29) is 18.2 Å². The molecule has 2 fully saturated rings. The molecule has 1 saturated carbocycles. The Bertz CT molecular complexity index is 1230. The van der Waals surface area contributed by atoms with Crippen molar-refractivity contribution in [2.75, 3.05) is 25.1 Å². The van der Waals surface area contributed by atoms with Crippen molar-refractivity contribution in [1.29, 1.82) is 0 Å². The third kappa shape index (κ3) is 6.08. The zero-order valence-electron chi connectivity index (χ0n) is 21.7. The smallest absolute Gasteiger partial charge is 0.415 e. The average Bonchev–Trinajstić information content (AvgIpc) is 3.48. The van der Waals surface area contributed by atoms with E-state index in [1.165, 1.54) is 0 Å². The fourth-order valence-electron chi connectivity index (χ4n) is 5.19. The van der Waals surface area contributed by atoms with Gasteiger partial charge >= 0.3 is 6.18 Å². The first-order chi connectivity index (χ1) is 18.2. The number of halogens is 3. The Hall–Kier alpha value is -2.83. The first-order valence-corrected chi connectivity index (χ1v) is 13.2. The second-order valence-electron chi connectivity index (χ2n) is 10.3. The van der Waals surface area contributed by atoms with E-state index in [1.807, 2.05) is 47.6 Å². The molecule has 0 radical (unpaired) electrons. The number of rotatable bonds is 8. The van der Waals surface area contributed by atoms with Crippen LogP contribution in [-0.4, -0.2) is 68.6 Å². The molecule has 2 aliphatic rings. The molecule has 3 N–H and O–H groups in total. The number of aromatic nitrogens is 4. The molecular weight excluding hydrogens is 501 g/mol. The lowest BCUT2D eigenvalue weighted by atomic mass is 9.93. The van der Waals surface area contributed by atoms with Crippen LogP contribution in [0.25, 0.3) is 11.0 Å². The molecule has 0 amide bonds. The van der Waals surface area contributed by atoms with Crippen molar-refractivity contribution in [3.63, 3.8) is 0 Å². The third-order valence-electron chi connectivity index (χ3n) is 7.52. The van der Waals surface area contributed by atoms with Crippen molar-refractivity contribution in [3.8, 4) is 5.75 Å². The second-order valence-corrected chi connectivity index (χ2v) is 10.3. The van der Waals surface area contributed by atoms with Crippen molar-refractivity contribution >= 4 is 22.5 Å². The molecule has 1 aliphatic heterocycles. The Labute approximate surface area is 219 Å². The molecule has 0 spiro atoms. The van der Waals surface area contributed by atoms with Crippen LogP contribution in [0.2, 0.25) is 0 Å². The number of imidazole rings is 1. The number of nitrogens with zero attached hydrogens (tertiary/aromatic N) is 4. The minimum absolute atomic E-state index is 0.0503. The Balaban J connectivity index is 1.26. The lowest BCUT2D eigenvalue weighted by Gasteiger charge is -2.30. The highest BCUT2D eigenvalue weighted by molar-refractivity contribution is 5.92. The van der Waals surface area contributed by atoms with Crippen LogP contribution in [-0.2, 0) is 11.8 Å². The summed E-state index contributed by atoms with van der Waals surface area (Å²) >= 11 is 0. The van der Waals surface area contributed by atoms with Gasteiger partial charge in [0.15, 0.2) is 11.9 Å². The van der Waals surface area contributed by atoms with Gasteiger partial charge in [0.05, 0.1) is 30.0 Å². The molecule has 3 aromatic rings. The SMILES string of the molecule is Cc1nc2c(Nc3ccn([C@@H]4CCCOC4)n3)cc(OC3CCC(NC[C@@H](O)C(F)(F)F)CC3)cc2n1C. The normalized spacial score (nSPS) is 23.5. The number of anilines is 2. The summed E-state index contributed by atoms with van der Waals surface area (Å²) < 4.78 is 53.6. The lowest BCUT2D eigenvalue weighted by molar-refractivity contribution is -0.202. The van der Waals surface area contributed by atoms with Crippen molar-refractivity contribution in [3.05, 3.63) is 30.2 Å². The number of fused-ring (bicyclic) bond motifs is 1. The number of hydrogen-bond acceptors (Lipinski definition) is 7. The van der Waals surface area contributed by atoms with E-state index in [2.05, 4.69) is 10.6 Å². The zero-order valence-corrected chi connectivity index (χ0v) is 21.7. The van der Waals surface area contributed by atoms with Crippen molar-refractivity contribution in [2.24, 2.45) is 7.05 Å². The quantitative estimate of drug-likeness (QED) is 0.393. The van der Waals surface area contributed by atoms with E-state index in [0.717, 1.165) is 42.0 Å². The maximum atomic E-state index is 12.6. The van der Waals surface area contributed by atoms with Crippen LogP contribution in [0.5, 0.6) is 5.75 Å². The van der Waals surface area contributed by atoms with Crippen LogP contribution in [0.4, 0.5) is 24.7 Å². The largest absolute Gasteiger partial charge is 0.490 e. The Kier molecular flexibility index (Phi) is 7.83. The highest BCUT2D eigenvalue weighted by Gasteiger charge is 2.38. The van der Waals surface area contributed by atoms with Gasteiger partial charge in [-0.2, -0.15) is 18.3 Å². The molecule has 5 rings (SSSR count). The van der Waals surface area contributed by atoms with Gasteiger partial charge in [-0.05, 0) is 45.4 Å².